The van der Waals surface area contributed by atoms with Crippen molar-refractivity contribution >= 4 is 11.9 Å². The van der Waals surface area contributed by atoms with Crippen molar-refractivity contribution in [3.8, 4) is 0 Å². The van der Waals surface area contributed by atoms with Crippen molar-refractivity contribution in [2.45, 2.75) is 13.0 Å². The summed E-state index contributed by atoms with van der Waals surface area (Å²) in [6, 6.07) is 0. The summed E-state index contributed by atoms with van der Waals surface area (Å²) in [5, 5.41) is 8.86. The fraction of sp³-hybridized carbons (Fsp3) is 0.556. The van der Waals surface area contributed by atoms with Gasteiger partial charge < -0.3 is 14.6 Å². The van der Waals surface area contributed by atoms with Gasteiger partial charge in [0.15, 0.2) is 0 Å². The molecule has 78 valence electrons. The van der Waals surface area contributed by atoms with E-state index in [0.29, 0.717) is 0 Å². The molecule has 1 heterocycles. The number of aliphatic hydroxyl groups excluding tert-OH is 1. The fourth-order valence-electron chi connectivity index (χ4n) is 1.06. The van der Waals surface area contributed by atoms with Gasteiger partial charge in [0.1, 0.15) is 6.61 Å². The van der Waals surface area contributed by atoms with Gasteiger partial charge in [-0.25, -0.2) is 9.59 Å². The molecule has 0 aromatic carbocycles. The van der Waals surface area contributed by atoms with Crippen LogP contribution in [0.2, 0.25) is 0 Å². The molecule has 5 nitrogen and oxygen atoms in total. The van der Waals surface area contributed by atoms with Crippen LogP contribution < -0.4 is 0 Å². The van der Waals surface area contributed by atoms with E-state index in [9.17, 15) is 9.59 Å². The molecule has 1 N–H and O–H groups in total. The molecule has 0 aromatic rings. The van der Waals surface area contributed by atoms with Gasteiger partial charge in [-0.3, -0.25) is 0 Å². The summed E-state index contributed by atoms with van der Waals surface area (Å²) in [6.45, 7) is 4.70. The normalized spacial score (nSPS) is 25.7. The Bertz CT molecular complexity index is 270. The van der Waals surface area contributed by atoms with E-state index in [2.05, 4.69) is 11.3 Å². The Balaban J connectivity index is 2.61. The van der Waals surface area contributed by atoms with Crippen LogP contribution in [0.1, 0.15) is 6.92 Å². The van der Waals surface area contributed by atoms with Crippen LogP contribution in [0.5, 0.6) is 0 Å². The Morgan fingerprint density at radius 2 is 2.43 bits per heavy atom. The van der Waals surface area contributed by atoms with Crippen LogP contribution in [0, 0.1) is 5.92 Å². The summed E-state index contributed by atoms with van der Waals surface area (Å²) >= 11 is 0. The molecule has 0 aromatic heterocycles. The van der Waals surface area contributed by atoms with Gasteiger partial charge in [-0.15, -0.1) is 0 Å². The summed E-state index contributed by atoms with van der Waals surface area (Å²) in [5.74, 6) is -1.73. The molecule has 2 atom stereocenters. The van der Waals surface area contributed by atoms with Gasteiger partial charge in [0.25, 0.3) is 0 Å². The first-order valence-corrected chi connectivity index (χ1v) is 4.20. The number of carbonyl (C=O) groups excluding carboxylic acids is 2. The fourth-order valence-corrected chi connectivity index (χ4v) is 1.06. The molecule has 0 radical (unpaired) electrons. The van der Waals surface area contributed by atoms with E-state index in [0.717, 1.165) is 0 Å². The summed E-state index contributed by atoms with van der Waals surface area (Å²) in [7, 11) is 0. The Labute approximate surface area is 81.3 Å². The van der Waals surface area contributed by atoms with E-state index >= 15 is 0 Å². The summed E-state index contributed by atoms with van der Waals surface area (Å²) < 4.78 is 9.46. The molecule has 2 unspecified atom stereocenters. The summed E-state index contributed by atoms with van der Waals surface area (Å²) in [6.07, 6.45) is -0.996. The van der Waals surface area contributed by atoms with Crippen LogP contribution in [0.15, 0.2) is 12.2 Å². The predicted octanol–water partition coefficient (Wildman–Crippen LogP) is -0.360. The molecule has 1 saturated heterocycles. The lowest BCUT2D eigenvalue weighted by Crippen LogP contribution is -2.31. The number of esters is 2. The second kappa shape index (κ2) is 4.23. The van der Waals surface area contributed by atoms with Gasteiger partial charge in [-0.2, -0.15) is 0 Å². The maximum absolute atomic E-state index is 11.1. The quantitative estimate of drug-likeness (QED) is 0.497. The van der Waals surface area contributed by atoms with Gasteiger partial charge >= 0.3 is 11.9 Å². The molecular weight excluding hydrogens is 188 g/mol. The van der Waals surface area contributed by atoms with Crippen molar-refractivity contribution in [2.75, 3.05) is 13.2 Å². The van der Waals surface area contributed by atoms with Crippen LogP contribution >= 0.6 is 0 Å². The molecule has 0 amide bonds. The lowest BCUT2D eigenvalue weighted by Gasteiger charge is -2.13. The highest BCUT2D eigenvalue weighted by Crippen LogP contribution is 2.18. The minimum absolute atomic E-state index is 0.0868. The van der Waals surface area contributed by atoms with Crippen LogP contribution in [-0.2, 0) is 19.1 Å². The van der Waals surface area contributed by atoms with Crippen LogP contribution in [-0.4, -0.2) is 36.4 Å². The van der Waals surface area contributed by atoms with Gasteiger partial charge in [-0.05, 0) is 6.92 Å². The Kier molecular flexibility index (Phi) is 3.24. The van der Waals surface area contributed by atoms with Gasteiger partial charge in [-0.1, -0.05) is 6.58 Å². The van der Waals surface area contributed by atoms with Gasteiger partial charge in [0.2, 0.25) is 6.10 Å². The highest BCUT2D eigenvalue weighted by molar-refractivity contribution is 5.89. The number of rotatable bonds is 3. The third kappa shape index (κ3) is 2.11. The Morgan fingerprint density at radius 3 is 2.93 bits per heavy atom. The molecule has 0 bridgehead atoms. The highest BCUT2D eigenvalue weighted by atomic mass is 16.6. The van der Waals surface area contributed by atoms with E-state index in [1.165, 1.54) is 6.92 Å². The number of aliphatic hydroxyl groups is 1. The molecule has 1 aliphatic heterocycles. The van der Waals surface area contributed by atoms with Crippen molar-refractivity contribution in [3.05, 3.63) is 12.2 Å². The van der Waals surface area contributed by atoms with Crippen LogP contribution in [0.25, 0.3) is 0 Å². The Morgan fingerprint density at radius 1 is 1.79 bits per heavy atom. The number of carbonyl (C=O) groups is 2. The molecule has 0 spiro atoms. The molecule has 1 aliphatic rings. The van der Waals surface area contributed by atoms with Gasteiger partial charge in [0.05, 0.1) is 12.5 Å². The largest absolute Gasteiger partial charge is 0.462 e. The van der Waals surface area contributed by atoms with Crippen molar-refractivity contribution < 1.29 is 24.2 Å². The first-order chi connectivity index (χ1) is 6.56. The monoisotopic (exact) mass is 200 g/mol. The number of hydrogen-bond acceptors (Lipinski definition) is 5. The summed E-state index contributed by atoms with van der Waals surface area (Å²) in [5.41, 5.74) is 0.210. The Hall–Kier alpha value is -1.36. The van der Waals surface area contributed by atoms with Gasteiger partial charge in [0, 0.05) is 5.57 Å². The molecule has 5 heteroatoms. The molecule has 0 aliphatic carbocycles. The average Bonchev–Trinajstić information content (AvgIpc) is 2.47. The van der Waals surface area contributed by atoms with Crippen molar-refractivity contribution in [3.63, 3.8) is 0 Å². The lowest BCUT2D eigenvalue weighted by atomic mass is 10.1. The van der Waals surface area contributed by atoms with E-state index in [4.69, 9.17) is 9.84 Å². The van der Waals surface area contributed by atoms with Crippen LogP contribution in [0.3, 0.4) is 0 Å². The topological polar surface area (TPSA) is 72.8 Å². The molecule has 1 fully saturated rings. The van der Waals surface area contributed by atoms with Crippen molar-refractivity contribution in [1.29, 1.82) is 0 Å². The lowest BCUT2D eigenvalue weighted by molar-refractivity contribution is -0.158. The zero-order valence-electron chi connectivity index (χ0n) is 7.86. The second-order valence-electron chi connectivity index (χ2n) is 3.18. The van der Waals surface area contributed by atoms with E-state index in [1.807, 2.05) is 0 Å². The van der Waals surface area contributed by atoms with Crippen molar-refractivity contribution in [1.82, 2.24) is 0 Å². The highest BCUT2D eigenvalue weighted by Gasteiger charge is 2.39. The van der Waals surface area contributed by atoms with E-state index < -0.39 is 24.0 Å². The minimum Gasteiger partial charge on any atom is -0.462 e. The summed E-state index contributed by atoms with van der Waals surface area (Å²) in [4.78, 5) is 22.2. The maximum Gasteiger partial charge on any atom is 0.348 e. The first kappa shape index (κ1) is 10.7. The maximum atomic E-state index is 11.1. The molecule has 1 rings (SSSR count). The molecular formula is C9H12O5. The zero-order chi connectivity index (χ0) is 10.7. The standard InChI is InChI=1S/C9H12O5/c1-5(2)8(11)14-7-6(3-10)4-13-9(7)12/h6-7,10H,1,3-4H2,2H3. The predicted molar refractivity (Wildman–Crippen MR) is 46.2 cm³/mol. The third-order valence-electron chi connectivity index (χ3n) is 1.92. The molecule has 0 saturated carbocycles. The average molecular weight is 200 g/mol. The van der Waals surface area contributed by atoms with Crippen LogP contribution in [0.4, 0.5) is 0 Å². The number of ether oxygens (including phenoxy) is 2. The third-order valence-corrected chi connectivity index (χ3v) is 1.92. The smallest absolute Gasteiger partial charge is 0.348 e. The second-order valence-corrected chi connectivity index (χ2v) is 3.18. The van der Waals surface area contributed by atoms with Crippen molar-refractivity contribution in [2.24, 2.45) is 5.92 Å². The number of hydrogen-bond donors (Lipinski definition) is 1. The zero-order valence-corrected chi connectivity index (χ0v) is 7.86. The molecule has 14 heavy (non-hydrogen) atoms. The van der Waals surface area contributed by atoms with E-state index in [1.54, 1.807) is 0 Å². The van der Waals surface area contributed by atoms with E-state index in [-0.39, 0.29) is 18.8 Å². The SMILES string of the molecule is C=C(C)C(=O)OC1C(=O)OCC1CO. The first-order valence-electron chi connectivity index (χ1n) is 4.20. The minimum atomic E-state index is -0.996. The number of cyclic esters (lactones) is 1.